The average Bonchev–Trinajstić information content (AvgIpc) is 3.27. The topological polar surface area (TPSA) is 89.1 Å². The summed E-state index contributed by atoms with van der Waals surface area (Å²) >= 11 is 0. The minimum atomic E-state index is -4.62. The fourth-order valence-electron chi connectivity index (χ4n) is 2.47. The first-order valence-corrected chi connectivity index (χ1v) is 8.21. The number of nitrogens with one attached hydrogen (secondary N) is 1. The maximum absolute atomic E-state index is 12.7. The minimum Gasteiger partial charge on any atom is -0.342 e. The molecular formula is C17H17F3N6O2. The van der Waals surface area contributed by atoms with Crippen molar-refractivity contribution in [2.24, 2.45) is 7.05 Å². The number of aromatic nitrogens is 4. The van der Waals surface area contributed by atoms with Crippen molar-refractivity contribution in [3.63, 3.8) is 0 Å². The number of alkyl halides is 3. The fraction of sp³-hybridized carbons (Fsp3) is 0.294. The van der Waals surface area contributed by atoms with Crippen molar-refractivity contribution in [2.75, 3.05) is 11.9 Å². The summed E-state index contributed by atoms with van der Waals surface area (Å²) in [7, 11) is 3.04. The van der Waals surface area contributed by atoms with Crippen molar-refractivity contribution in [1.82, 2.24) is 25.2 Å². The molecule has 3 rings (SSSR count). The van der Waals surface area contributed by atoms with Gasteiger partial charge in [0, 0.05) is 26.7 Å². The van der Waals surface area contributed by atoms with Crippen LogP contribution in [0, 0.1) is 0 Å². The molecule has 0 bridgehead atoms. The van der Waals surface area contributed by atoms with Gasteiger partial charge < -0.3 is 14.7 Å². The number of aryl methyl sites for hydroxylation is 1. The lowest BCUT2D eigenvalue weighted by Crippen LogP contribution is -2.25. The molecule has 8 nitrogen and oxygen atoms in total. The molecule has 2 heterocycles. The first-order valence-electron chi connectivity index (χ1n) is 8.21. The average molecular weight is 394 g/mol. The zero-order valence-corrected chi connectivity index (χ0v) is 15.1. The molecule has 0 radical (unpaired) electrons. The van der Waals surface area contributed by atoms with Gasteiger partial charge in [-0.15, -0.1) is 0 Å². The summed E-state index contributed by atoms with van der Waals surface area (Å²) in [5.41, 5.74) is -0.308. The Morgan fingerprint density at radius 1 is 1.29 bits per heavy atom. The number of anilines is 1. The van der Waals surface area contributed by atoms with Crippen LogP contribution in [-0.4, -0.2) is 32.9 Å². The summed E-state index contributed by atoms with van der Waals surface area (Å²) in [5, 5.41) is 9.58. The van der Waals surface area contributed by atoms with Gasteiger partial charge in [-0.3, -0.25) is 9.48 Å². The van der Waals surface area contributed by atoms with Gasteiger partial charge in [0.2, 0.25) is 5.89 Å². The second-order valence-electron chi connectivity index (χ2n) is 6.05. The Labute approximate surface area is 157 Å². The molecule has 1 N–H and O–H groups in total. The third-order valence-corrected chi connectivity index (χ3v) is 3.86. The van der Waals surface area contributed by atoms with E-state index in [-0.39, 0.29) is 18.1 Å². The molecule has 148 valence electrons. The molecule has 0 unspecified atom stereocenters. The molecule has 0 aliphatic heterocycles. The normalized spacial score (nSPS) is 11.5. The lowest BCUT2D eigenvalue weighted by atomic mass is 10.2. The molecule has 1 amide bonds. The Hall–Kier alpha value is -3.37. The number of nitrogens with zero attached hydrogens (tertiary/aromatic N) is 5. The molecule has 1 aromatic carbocycles. The van der Waals surface area contributed by atoms with E-state index in [0.717, 1.165) is 10.2 Å². The van der Waals surface area contributed by atoms with Crippen LogP contribution in [0.1, 0.15) is 27.6 Å². The molecule has 11 heteroatoms. The largest absolute Gasteiger partial charge is 0.435 e. The number of hydrogen-bond acceptors (Lipinski definition) is 6. The third-order valence-electron chi connectivity index (χ3n) is 3.86. The van der Waals surface area contributed by atoms with Gasteiger partial charge in [0.25, 0.3) is 11.9 Å². The van der Waals surface area contributed by atoms with Crippen LogP contribution in [0.3, 0.4) is 0 Å². The summed E-state index contributed by atoms with van der Waals surface area (Å²) in [4.78, 5) is 18.1. The Balaban J connectivity index is 1.60. The van der Waals surface area contributed by atoms with Gasteiger partial charge >= 0.3 is 6.18 Å². The van der Waals surface area contributed by atoms with Gasteiger partial charge in [-0.05, 0) is 10.7 Å². The molecule has 28 heavy (non-hydrogen) atoms. The van der Waals surface area contributed by atoms with Gasteiger partial charge in [0.1, 0.15) is 5.69 Å². The van der Waals surface area contributed by atoms with E-state index in [0.29, 0.717) is 18.6 Å². The summed E-state index contributed by atoms with van der Waals surface area (Å²) in [6.07, 6.45) is -4.62. The molecule has 0 aliphatic carbocycles. The summed E-state index contributed by atoms with van der Waals surface area (Å²) in [6, 6.07) is 10.4. The highest BCUT2D eigenvalue weighted by Gasteiger charge is 2.35. The van der Waals surface area contributed by atoms with E-state index in [1.165, 1.54) is 7.05 Å². The Bertz CT molecular complexity index is 951. The zero-order chi connectivity index (χ0) is 20.3. The highest BCUT2D eigenvalue weighted by Crippen LogP contribution is 2.28. The second kappa shape index (κ2) is 7.71. The van der Waals surface area contributed by atoms with Crippen LogP contribution < -0.4 is 10.2 Å². The van der Waals surface area contributed by atoms with Gasteiger partial charge in [-0.25, -0.2) is 0 Å². The highest BCUT2D eigenvalue weighted by atomic mass is 19.4. The Morgan fingerprint density at radius 3 is 2.64 bits per heavy atom. The van der Waals surface area contributed by atoms with Crippen LogP contribution in [0.4, 0.5) is 19.1 Å². The van der Waals surface area contributed by atoms with Crippen LogP contribution >= 0.6 is 0 Å². The zero-order valence-electron chi connectivity index (χ0n) is 15.1. The summed E-state index contributed by atoms with van der Waals surface area (Å²) < 4.78 is 44.0. The molecule has 0 saturated heterocycles. The van der Waals surface area contributed by atoms with Gasteiger partial charge in [-0.2, -0.15) is 23.3 Å². The van der Waals surface area contributed by atoms with Crippen molar-refractivity contribution >= 4 is 11.9 Å². The predicted octanol–water partition coefficient (Wildman–Crippen LogP) is 2.39. The molecule has 0 spiro atoms. The van der Waals surface area contributed by atoms with Crippen molar-refractivity contribution in [2.45, 2.75) is 19.3 Å². The number of carbonyl (C=O) groups is 1. The maximum atomic E-state index is 12.7. The van der Waals surface area contributed by atoms with Crippen molar-refractivity contribution in [3.05, 3.63) is 59.2 Å². The lowest BCUT2D eigenvalue weighted by Gasteiger charge is -2.13. The second-order valence-corrected chi connectivity index (χ2v) is 6.05. The quantitative estimate of drug-likeness (QED) is 0.691. The molecule has 0 fully saturated rings. The molecule has 0 aliphatic rings. The van der Waals surface area contributed by atoms with Crippen molar-refractivity contribution in [1.29, 1.82) is 0 Å². The molecule has 0 saturated carbocycles. The highest BCUT2D eigenvalue weighted by molar-refractivity contribution is 5.92. The molecular weight excluding hydrogens is 377 g/mol. The van der Waals surface area contributed by atoms with Crippen LogP contribution in [0.15, 0.2) is 40.9 Å². The Kier molecular flexibility index (Phi) is 5.34. The van der Waals surface area contributed by atoms with Crippen LogP contribution in [-0.2, 0) is 26.3 Å². The van der Waals surface area contributed by atoms with Crippen LogP contribution in [0.25, 0.3) is 0 Å². The molecule has 0 atom stereocenters. The molecule has 2 aromatic heterocycles. The van der Waals surface area contributed by atoms with Gasteiger partial charge in [-0.1, -0.05) is 30.3 Å². The van der Waals surface area contributed by atoms with Crippen molar-refractivity contribution in [3.8, 4) is 0 Å². The maximum Gasteiger partial charge on any atom is 0.435 e. The van der Waals surface area contributed by atoms with Crippen LogP contribution in [0.5, 0.6) is 0 Å². The fourth-order valence-corrected chi connectivity index (χ4v) is 2.47. The number of rotatable bonds is 6. The van der Waals surface area contributed by atoms with E-state index < -0.39 is 17.8 Å². The number of halogens is 3. The Morgan fingerprint density at radius 2 is 2.00 bits per heavy atom. The lowest BCUT2D eigenvalue weighted by molar-refractivity contribution is -0.141. The number of carbonyl (C=O) groups excluding carboxylic acids is 1. The van der Waals surface area contributed by atoms with E-state index in [1.807, 2.05) is 30.3 Å². The van der Waals surface area contributed by atoms with E-state index in [9.17, 15) is 18.0 Å². The minimum absolute atomic E-state index is 0.126. The number of hydrogen-bond donors (Lipinski definition) is 1. The molecule has 3 aromatic rings. The predicted molar refractivity (Wildman–Crippen MR) is 92.2 cm³/mol. The first kappa shape index (κ1) is 19.4. The third kappa shape index (κ3) is 4.48. The smallest absolute Gasteiger partial charge is 0.342 e. The SMILES string of the molecule is CN(Cc1ccccc1)c1noc(CNC(=O)c2cc(C(F)(F)F)nn2C)n1. The van der Waals surface area contributed by atoms with Gasteiger partial charge in [0.15, 0.2) is 5.69 Å². The standard InChI is InChI=1S/C17H17F3N6O2/c1-25(10-11-6-4-3-5-7-11)16-22-14(28-24-16)9-21-15(27)12-8-13(17(18,19)20)23-26(12)2/h3-8H,9-10H2,1-2H3,(H,21,27). The number of amides is 1. The van der Waals surface area contributed by atoms with E-state index in [1.54, 1.807) is 11.9 Å². The monoisotopic (exact) mass is 394 g/mol. The van der Waals surface area contributed by atoms with E-state index >= 15 is 0 Å². The van der Waals surface area contributed by atoms with E-state index in [2.05, 4.69) is 20.6 Å². The van der Waals surface area contributed by atoms with E-state index in [4.69, 9.17) is 4.52 Å². The van der Waals surface area contributed by atoms with Crippen LogP contribution in [0.2, 0.25) is 0 Å². The number of benzene rings is 1. The van der Waals surface area contributed by atoms with Gasteiger partial charge in [0.05, 0.1) is 6.54 Å². The summed E-state index contributed by atoms with van der Waals surface area (Å²) in [5.74, 6) is -0.280. The first-order chi connectivity index (χ1) is 13.2. The van der Waals surface area contributed by atoms with Crippen molar-refractivity contribution < 1.29 is 22.5 Å². The summed E-state index contributed by atoms with van der Waals surface area (Å²) in [6.45, 7) is 0.430.